The number of anilines is 2. The van der Waals surface area contributed by atoms with Crippen molar-refractivity contribution in [2.45, 2.75) is 55.4 Å². The summed E-state index contributed by atoms with van der Waals surface area (Å²) < 4.78 is 70.5. The first-order valence-electron chi connectivity index (χ1n) is 12.3. The lowest BCUT2D eigenvalue weighted by Crippen LogP contribution is -2.34. The summed E-state index contributed by atoms with van der Waals surface area (Å²) in [6.45, 7) is -1.06. The third kappa shape index (κ3) is 6.74. The van der Waals surface area contributed by atoms with Gasteiger partial charge in [0, 0.05) is 35.5 Å². The molecule has 0 bridgehead atoms. The lowest BCUT2D eigenvalue weighted by atomic mass is 9.91. The van der Waals surface area contributed by atoms with Gasteiger partial charge in [-0.25, -0.2) is 8.42 Å². The van der Waals surface area contributed by atoms with Crippen LogP contribution in [0.1, 0.15) is 31.4 Å². The van der Waals surface area contributed by atoms with Gasteiger partial charge in [-0.05, 0) is 61.9 Å². The molecule has 0 radical (unpaired) electrons. The number of benzene rings is 2. The molecule has 1 heterocycles. The Bertz CT molecular complexity index is 1470. The molecule has 204 valence electrons. The molecule has 38 heavy (non-hydrogen) atoms. The maximum atomic E-state index is 13.5. The molecule has 0 unspecified atom stereocenters. The maximum absolute atomic E-state index is 13.5. The Labute approximate surface area is 220 Å². The van der Waals surface area contributed by atoms with Crippen LogP contribution in [0.15, 0.2) is 47.4 Å². The van der Waals surface area contributed by atoms with Crippen molar-refractivity contribution in [3.05, 3.63) is 48.2 Å². The van der Waals surface area contributed by atoms with Crippen LogP contribution in [0.3, 0.4) is 0 Å². The number of halogens is 3. The highest BCUT2D eigenvalue weighted by Crippen LogP contribution is 2.32. The molecule has 0 saturated heterocycles. The summed E-state index contributed by atoms with van der Waals surface area (Å²) in [4.78, 5) is 0.113. The standard InChI is InChI=1S/C27H31F3N4O3S/c1-37-26-16-21(38(2,35)36)11-12-24(26)32-13-5-8-20-15-22-23(33-19-7-3-6-18(31)14-19)9-4-10-25(22)34(20)17-27(28,29)30/h4,9-12,15-16,18-19,32-33H,3,6-7,13-14,17,31H2,1-2H3/t18-,19+/m0/s1. The molecule has 11 heteroatoms. The average Bonchev–Trinajstić information content (AvgIpc) is 3.18. The predicted octanol–water partition coefficient (Wildman–Crippen LogP) is 4.76. The smallest absolute Gasteiger partial charge is 0.406 e. The van der Waals surface area contributed by atoms with Crippen molar-refractivity contribution in [2.24, 2.45) is 5.73 Å². The van der Waals surface area contributed by atoms with Crippen LogP contribution in [0.2, 0.25) is 0 Å². The van der Waals surface area contributed by atoms with Crippen LogP contribution in [-0.2, 0) is 16.4 Å². The Hall–Kier alpha value is -3.36. The number of aromatic nitrogens is 1. The summed E-state index contributed by atoms with van der Waals surface area (Å²) in [6, 6.07) is 11.6. The van der Waals surface area contributed by atoms with Gasteiger partial charge in [-0.15, -0.1) is 0 Å². The quantitative estimate of drug-likeness (QED) is 0.369. The summed E-state index contributed by atoms with van der Waals surface area (Å²) in [5, 5.41) is 7.19. The minimum atomic E-state index is -4.42. The number of fused-ring (bicyclic) bond motifs is 1. The van der Waals surface area contributed by atoms with Crippen molar-refractivity contribution in [3.8, 4) is 17.6 Å². The van der Waals surface area contributed by atoms with Crippen molar-refractivity contribution >= 4 is 32.1 Å². The number of rotatable bonds is 7. The second-order valence-corrected chi connectivity index (χ2v) is 11.5. The second kappa shape index (κ2) is 11.2. The predicted molar refractivity (Wildman–Crippen MR) is 143 cm³/mol. The summed E-state index contributed by atoms with van der Waals surface area (Å²) in [5.74, 6) is 6.07. The van der Waals surface area contributed by atoms with Gasteiger partial charge in [0.15, 0.2) is 9.84 Å². The molecule has 0 spiro atoms. The van der Waals surface area contributed by atoms with Gasteiger partial charge in [-0.2, -0.15) is 13.2 Å². The molecular formula is C27H31F3N4O3S. The fourth-order valence-corrected chi connectivity index (χ4v) is 5.40. The van der Waals surface area contributed by atoms with E-state index in [-0.39, 0.29) is 29.2 Å². The molecule has 1 fully saturated rings. The van der Waals surface area contributed by atoms with Gasteiger partial charge in [0.25, 0.3) is 0 Å². The van der Waals surface area contributed by atoms with Crippen LogP contribution in [0.5, 0.6) is 5.75 Å². The summed E-state index contributed by atoms with van der Waals surface area (Å²) in [6.07, 6.45) is 0.439. The molecule has 4 rings (SSSR count). The average molecular weight is 549 g/mol. The van der Waals surface area contributed by atoms with Gasteiger partial charge < -0.3 is 25.7 Å². The Morgan fingerprint density at radius 2 is 1.95 bits per heavy atom. The number of methoxy groups -OCH3 is 1. The van der Waals surface area contributed by atoms with Gasteiger partial charge in [-0.1, -0.05) is 12.0 Å². The molecule has 3 aromatic rings. The fraction of sp³-hybridized carbons (Fsp3) is 0.407. The van der Waals surface area contributed by atoms with Gasteiger partial charge in [0.2, 0.25) is 0 Å². The minimum absolute atomic E-state index is 0.104. The molecule has 2 atom stereocenters. The van der Waals surface area contributed by atoms with E-state index < -0.39 is 22.6 Å². The summed E-state index contributed by atoms with van der Waals surface area (Å²) >= 11 is 0. The largest absolute Gasteiger partial charge is 0.495 e. The van der Waals surface area contributed by atoms with E-state index in [1.165, 1.54) is 23.8 Å². The van der Waals surface area contributed by atoms with E-state index in [1.807, 2.05) is 6.07 Å². The Morgan fingerprint density at radius 1 is 1.16 bits per heavy atom. The molecule has 1 saturated carbocycles. The number of nitrogens with zero attached hydrogens (tertiary/aromatic N) is 1. The SMILES string of the molecule is COc1cc(S(C)(=O)=O)ccc1NCC#Cc1cc2c(N[C@@H]3CCC[C@H](N)C3)cccc2n1CC(F)(F)F. The van der Waals surface area contributed by atoms with Gasteiger partial charge in [0.05, 0.1) is 35.4 Å². The Morgan fingerprint density at radius 3 is 2.63 bits per heavy atom. The van der Waals surface area contributed by atoms with Gasteiger partial charge >= 0.3 is 6.18 Å². The summed E-state index contributed by atoms with van der Waals surface area (Å²) in [7, 11) is -1.99. The van der Waals surface area contributed by atoms with Gasteiger partial charge in [0.1, 0.15) is 12.3 Å². The number of nitrogens with two attached hydrogens (primary N) is 1. The van der Waals surface area contributed by atoms with E-state index in [4.69, 9.17) is 10.5 Å². The first-order chi connectivity index (χ1) is 17.9. The third-order valence-corrected chi connectivity index (χ3v) is 7.65. The van der Waals surface area contributed by atoms with E-state index in [1.54, 1.807) is 24.3 Å². The monoisotopic (exact) mass is 548 g/mol. The van der Waals surface area contributed by atoms with E-state index in [2.05, 4.69) is 22.5 Å². The lowest BCUT2D eigenvalue weighted by Gasteiger charge is -2.28. The van der Waals surface area contributed by atoms with Crippen LogP contribution in [-0.4, -0.2) is 51.2 Å². The molecule has 1 aliphatic carbocycles. The third-order valence-electron chi connectivity index (χ3n) is 6.54. The molecule has 1 aromatic heterocycles. The molecule has 7 nitrogen and oxygen atoms in total. The maximum Gasteiger partial charge on any atom is 0.406 e. The van der Waals surface area contributed by atoms with Crippen molar-refractivity contribution in [1.29, 1.82) is 0 Å². The highest BCUT2D eigenvalue weighted by Gasteiger charge is 2.30. The molecule has 1 aliphatic rings. The molecule has 0 amide bonds. The van der Waals surface area contributed by atoms with E-state index in [0.29, 0.717) is 22.3 Å². The summed E-state index contributed by atoms with van der Waals surface area (Å²) in [5.41, 5.74) is 8.09. The fourth-order valence-electron chi connectivity index (χ4n) is 4.76. The van der Waals surface area contributed by atoms with Crippen molar-refractivity contribution in [3.63, 3.8) is 0 Å². The normalized spacial score (nSPS) is 18.1. The Balaban J connectivity index is 1.60. The van der Waals surface area contributed by atoms with E-state index in [9.17, 15) is 21.6 Å². The minimum Gasteiger partial charge on any atom is -0.495 e. The zero-order valence-electron chi connectivity index (χ0n) is 21.2. The molecule has 0 aliphatic heterocycles. The second-order valence-electron chi connectivity index (χ2n) is 9.53. The number of sulfone groups is 1. The first-order valence-corrected chi connectivity index (χ1v) is 14.2. The topological polar surface area (TPSA) is 98.4 Å². The van der Waals surface area contributed by atoms with E-state index in [0.717, 1.165) is 37.6 Å². The van der Waals surface area contributed by atoms with Crippen LogP contribution in [0, 0.1) is 11.8 Å². The number of alkyl halides is 3. The number of hydrogen-bond acceptors (Lipinski definition) is 6. The van der Waals surface area contributed by atoms with Crippen molar-refractivity contribution < 1.29 is 26.3 Å². The van der Waals surface area contributed by atoms with Gasteiger partial charge in [-0.3, -0.25) is 0 Å². The van der Waals surface area contributed by atoms with Crippen molar-refractivity contribution in [2.75, 3.05) is 30.5 Å². The molecular weight excluding hydrogens is 517 g/mol. The van der Waals surface area contributed by atoms with E-state index >= 15 is 0 Å². The highest BCUT2D eigenvalue weighted by atomic mass is 32.2. The highest BCUT2D eigenvalue weighted by molar-refractivity contribution is 7.90. The Kier molecular flexibility index (Phi) is 8.13. The van der Waals surface area contributed by atoms with Crippen molar-refractivity contribution in [1.82, 2.24) is 4.57 Å². The van der Waals surface area contributed by atoms with Crippen LogP contribution < -0.4 is 21.1 Å². The molecule has 2 aromatic carbocycles. The number of nitrogens with one attached hydrogen (secondary N) is 2. The zero-order chi connectivity index (χ0) is 27.5. The van der Waals surface area contributed by atoms with Crippen LogP contribution in [0.4, 0.5) is 24.5 Å². The number of ether oxygens (including phenoxy) is 1. The zero-order valence-corrected chi connectivity index (χ0v) is 22.0. The van der Waals surface area contributed by atoms with Crippen LogP contribution in [0.25, 0.3) is 10.9 Å². The first kappa shape index (κ1) is 27.7. The number of hydrogen-bond donors (Lipinski definition) is 3. The van der Waals surface area contributed by atoms with Crippen LogP contribution >= 0.6 is 0 Å². The lowest BCUT2D eigenvalue weighted by molar-refractivity contribution is -0.140. The molecule has 4 N–H and O–H groups in total.